The summed E-state index contributed by atoms with van der Waals surface area (Å²) in [7, 11) is 0. The monoisotopic (exact) mass is 240 g/mol. The van der Waals surface area contributed by atoms with Gasteiger partial charge in [0, 0.05) is 25.3 Å². The van der Waals surface area contributed by atoms with E-state index >= 15 is 0 Å². The Labute approximate surface area is 106 Å². The van der Waals surface area contributed by atoms with Gasteiger partial charge in [-0.1, -0.05) is 13.3 Å². The van der Waals surface area contributed by atoms with Crippen LogP contribution in [0.25, 0.3) is 0 Å². The maximum absolute atomic E-state index is 5.93. The second kappa shape index (κ2) is 6.72. The van der Waals surface area contributed by atoms with Gasteiger partial charge in [0.25, 0.3) is 0 Å². The van der Waals surface area contributed by atoms with E-state index in [4.69, 9.17) is 10.5 Å². The third kappa shape index (κ3) is 3.21. The lowest BCUT2D eigenvalue weighted by Crippen LogP contribution is -2.46. The summed E-state index contributed by atoms with van der Waals surface area (Å²) in [6.45, 7) is 6.24. The van der Waals surface area contributed by atoms with Crippen molar-refractivity contribution in [2.24, 2.45) is 11.7 Å². The molecule has 0 bridgehead atoms. The Balaban J connectivity index is 1.98. The zero-order valence-corrected chi connectivity index (χ0v) is 11.2. The second-order valence-electron chi connectivity index (χ2n) is 5.52. The molecule has 2 rings (SSSR count). The quantitative estimate of drug-likeness (QED) is 0.817. The lowest BCUT2D eigenvalue weighted by atomic mass is 9.98. The van der Waals surface area contributed by atoms with Crippen molar-refractivity contribution in [1.29, 1.82) is 0 Å². The highest BCUT2D eigenvalue weighted by molar-refractivity contribution is 4.89. The topological polar surface area (TPSA) is 38.5 Å². The minimum absolute atomic E-state index is 0.735. The average Bonchev–Trinajstić information content (AvgIpc) is 2.65. The molecule has 0 aromatic heterocycles. The Morgan fingerprint density at radius 1 is 1.12 bits per heavy atom. The molecule has 100 valence electrons. The van der Waals surface area contributed by atoms with Gasteiger partial charge in [-0.05, 0) is 51.1 Å². The largest absolute Gasteiger partial charge is 0.381 e. The van der Waals surface area contributed by atoms with E-state index in [9.17, 15) is 0 Å². The molecular weight excluding hydrogens is 212 g/mol. The fraction of sp³-hybridized carbons (Fsp3) is 1.00. The molecule has 2 aliphatic rings. The smallest absolute Gasteiger partial charge is 0.0480 e. The van der Waals surface area contributed by atoms with E-state index in [0.717, 1.165) is 37.8 Å². The lowest BCUT2D eigenvalue weighted by molar-refractivity contribution is 0.0925. The summed E-state index contributed by atoms with van der Waals surface area (Å²) in [5.74, 6) is 0.735. The van der Waals surface area contributed by atoms with Gasteiger partial charge in [0.1, 0.15) is 0 Å². The summed E-state index contributed by atoms with van der Waals surface area (Å²) < 4.78 is 5.58. The molecule has 1 aliphatic carbocycles. The van der Waals surface area contributed by atoms with E-state index in [1.54, 1.807) is 0 Å². The summed E-state index contributed by atoms with van der Waals surface area (Å²) >= 11 is 0. The minimum atomic E-state index is 0.735. The second-order valence-corrected chi connectivity index (χ2v) is 5.52. The van der Waals surface area contributed by atoms with Gasteiger partial charge >= 0.3 is 0 Å². The van der Waals surface area contributed by atoms with Crippen molar-refractivity contribution >= 4 is 0 Å². The van der Waals surface area contributed by atoms with E-state index < -0.39 is 0 Å². The van der Waals surface area contributed by atoms with Crippen molar-refractivity contribution in [3.8, 4) is 0 Å². The highest BCUT2D eigenvalue weighted by Gasteiger charge is 2.34. The highest BCUT2D eigenvalue weighted by atomic mass is 16.5. The fourth-order valence-electron chi connectivity index (χ4n) is 3.71. The molecule has 0 spiro atoms. The third-order valence-corrected chi connectivity index (χ3v) is 4.60. The molecule has 0 aromatic carbocycles. The summed E-state index contributed by atoms with van der Waals surface area (Å²) in [6.07, 6.45) is 7.80. The fourth-order valence-corrected chi connectivity index (χ4v) is 3.71. The molecule has 1 heterocycles. The predicted molar refractivity (Wildman–Crippen MR) is 71.0 cm³/mol. The molecule has 2 fully saturated rings. The molecule has 0 radical (unpaired) electrons. The first kappa shape index (κ1) is 13.3. The molecule has 1 saturated heterocycles. The van der Waals surface area contributed by atoms with Gasteiger partial charge < -0.3 is 10.5 Å². The number of rotatable bonds is 4. The van der Waals surface area contributed by atoms with E-state index in [1.165, 1.54) is 45.1 Å². The van der Waals surface area contributed by atoms with Gasteiger partial charge in [0.05, 0.1) is 0 Å². The first-order valence-corrected chi connectivity index (χ1v) is 7.40. The van der Waals surface area contributed by atoms with Crippen LogP contribution in [-0.2, 0) is 4.74 Å². The van der Waals surface area contributed by atoms with Gasteiger partial charge in [-0.2, -0.15) is 0 Å². The zero-order valence-electron chi connectivity index (χ0n) is 11.2. The van der Waals surface area contributed by atoms with E-state index in [2.05, 4.69) is 11.8 Å². The first-order chi connectivity index (χ1) is 8.36. The molecule has 17 heavy (non-hydrogen) atoms. The van der Waals surface area contributed by atoms with Crippen LogP contribution < -0.4 is 5.73 Å². The number of nitrogens with two attached hydrogens (primary N) is 1. The maximum atomic E-state index is 5.93. The third-order valence-electron chi connectivity index (χ3n) is 4.60. The first-order valence-electron chi connectivity index (χ1n) is 7.40. The van der Waals surface area contributed by atoms with Crippen LogP contribution in [0.1, 0.15) is 45.4 Å². The van der Waals surface area contributed by atoms with Crippen molar-refractivity contribution in [3.05, 3.63) is 0 Å². The van der Waals surface area contributed by atoms with Crippen molar-refractivity contribution < 1.29 is 4.74 Å². The van der Waals surface area contributed by atoms with Crippen molar-refractivity contribution in [1.82, 2.24) is 4.90 Å². The van der Waals surface area contributed by atoms with Gasteiger partial charge in [-0.15, -0.1) is 0 Å². The molecule has 3 unspecified atom stereocenters. The van der Waals surface area contributed by atoms with Crippen LogP contribution in [0.4, 0.5) is 0 Å². The summed E-state index contributed by atoms with van der Waals surface area (Å²) in [4.78, 5) is 2.74. The van der Waals surface area contributed by atoms with Crippen molar-refractivity contribution in [2.75, 3.05) is 26.3 Å². The van der Waals surface area contributed by atoms with Crippen LogP contribution in [0.5, 0.6) is 0 Å². The van der Waals surface area contributed by atoms with Crippen LogP contribution in [0.3, 0.4) is 0 Å². The van der Waals surface area contributed by atoms with Crippen LogP contribution in [0.15, 0.2) is 0 Å². The molecule has 1 aliphatic heterocycles. The Bertz CT molecular complexity index is 214. The molecule has 3 atom stereocenters. The minimum Gasteiger partial charge on any atom is -0.381 e. The summed E-state index contributed by atoms with van der Waals surface area (Å²) in [6, 6.07) is 1.48. The van der Waals surface area contributed by atoms with Crippen LogP contribution in [-0.4, -0.2) is 43.3 Å². The number of hydrogen-bond donors (Lipinski definition) is 1. The lowest BCUT2D eigenvalue weighted by Gasteiger charge is -2.38. The van der Waals surface area contributed by atoms with Crippen LogP contribution in [0, 0.1) is 5.92 Å². The maximum Gasteiger partial charge on any atom is 0.0480 e. The Kier molecular flexibility index (Phi) is 5.26. The molecule has 2 N–H and O–H groups in total. The molecular formula is C14H28N2O. The summed E-state index contributed by atoms with van der Waals surface area (Å²) in [5.41, 5.74) is 5.93. The van der Waals surface area contributed by atoms with Gasteiger partial charge in [0.2, 0.25) is 0 Å². The average molecular weight is 240 g/mol. The van der Waals surface area contributed by atoms with Crippen molar-refractivity contribution in [2.45, 2.75) is 57.5 Å². The van der Waals surface area contributed by atoms with Crippen molar-refractivity contribution in [3.63, 3.8) is 0 Å². The standard InChI is InChI=1S/C14H28N2O/c1-2-16(13-6-4-9-17-10-8-13)14-7-3-5-12(14)11-15/h12-14H,2-11,15H2,1H3. The summed E-state index contributed by atoms with van der Waals surface area (Å²) in [5, 5.41) is 0. The van der Waals surface area contributed by atoms with Gasteiger partial charge in [-0.3, -0.25) is 4.90 Å². The van der Waals surface area contributed by atoms with E-state index in [1.807, 2.05) is 0 Å². The van der Waals surface area contributed by atoms with Crippen LogP contribution >= 0.6 is 0 Å². The molecule has 0 aromatic rings. The molecule has 3 heteroatoms. The van der Waals surface area contributed by atoms with Crippen LogP contribution in [0.2, 0.25) is 0 Å². The SMILES string of the molecule is CCN(C1CCCOCC1)C1CCCC1CN. The Hall–Kier alpha value is -0.120. The highest BCUT2D eigenvalue weighted by Crippen LogP contribution is 2.32. The molecule has 3 nitrogen and oxygen atoms in total. The van der Waals surface area contributed by atoms with Gasteiger partial charge in [0.15, 0.2) is 0 Å². The van der Waals surface area contributed by atoms with Gasteiger partial charge in [-0.25, -0.2) is 0 Å². The normalized spacial score (nSPS) is 35.1. The van der Waals surface area contributed by atoms with E-state index in [0.29, 0.717) is 0 Å². The zero-order chi connectivity index (χ0) is 12.1. The molecule has 0 amide bonds. The number of hydrogen-bond acceptors (Lipinski definition) is 3. The number of ether oxygens (including phenoxy) is 1. The number of nitrogens with zero attached hydrogens (tertiary/aromatic N) is 1. The van der Waals surface area contributed by atoms with E-state index in [-0.39, 0.29) is 0 Å². The molecule has 1 saturated carbocycles. The Morgan fingerprint density at radius 2 is 2.00 bits per heavy atom. The predicted octanol–water partition coefficient (Wildman–Crippen LogP) is 2.00. The Morgan fingerprint density at radius 3 is 2.76 bits per heavy atom.